The standard InChI is InChI=1S/C12H9FN2O2S/c13-7-4-2-1-3-6(7)11-15-10-9(18-11)5-8(14-10)12(16)17/h1-5,12,14,16-17H. The van der Waals surface area contributed by atoms with Gasteiger partial charge in [0.15, 0.2) is 6.29 Å². The molecule has 3 rings (SSSR count). The van der Waals surface area contributed by atoms with Crippen LogP contribution < -0.4 is 0 Å². The topological polar surface area (TPSA) is 69.1 Å². The summed E-state index contributed by atoms with van der Waals surface area (Å²) in [5.74, 6) is -0.323. The first-order valence-corrected chi connectivity index (χ1v) is 6.07. The normalized spacial score (nSPS) is 11.6. The van der Waals surface area contributed by atoms with Gasteiger partial charge < -0.3 is 15.2 Å². The minimum atomic E-state index is -1.55. The first-order chi connectivity index (χ1) is 8.65. The van der Waals surface area contributed by atoms with E-state index in [0.717, 1.165) is 4.70 Å². The van der Waals surface area contributed by atoms with Crippen molar-refractivity contribution in [3.05, 3.63) is 41.8 Å². The Morgan fingerprint density at radius 1 is 1.28 bits per heavy atom. The molecule has 4 nitrogen and oxygen atoms in total. The molecule has 2 heterocycles. The van der Waals surface area contributed by atoms with Crippen molar-refractivity contribution in [2.75, 3.05) is 0 Å². The highest BCUT2D eigenvalue weighted by Crippen LogP contribution is 2.32. The highest BCUT2D eigenvalue weighted by Gasteiger charge is 2.14. The first-order valence-electron chi connectivity index (χ1n) is 5.25. The number of hydrogen-bond donors (Lipinski definition) is 3. The van der Waals surface area contributed by atoms with Crippen LogP contribution in [0, 0.1) is 5.82 Å². The van der Waals surface area contributed by atoms with Gasteiger partial charge in [-0.1, -0.05) is 12.1 Å². The maximum absolute atomic E-state index is 13.6. The lowest BCUT2D eigenvalue weighted by Crippen LogP contribution is -1.94. The summed E-state index contributed by atoms with van der Waals surface area (Å²) in [5.41, 5.74) is 1.25. The number of aromatic nitrogens is 2. The highest BCUT2D eigenvalue weighted by atomic mass is 32.1. The molecule has 92 valence electrons. The largest absolute Gasteiger partial charge is 0.363 e. The van der Waals surface area contributed by atoms with Gasteiger partial charge in [-0.3, -0.25) is 0 Å². The fourth-order valence-electron chi connectivity index (χ4n) is 1.72. The van der Waals surface area contributed by atoms with Crippen LogP contribution in [0.3, 0.4) is 0 Å². The molecular weight excluding hydrogens is 255 g/mol. The molecule has 1 aromatic carbocycles. The number of halogens is 1. The van der Waals surface area contributed by atoms with E-state index < -0.39 is 6.29 Å². The van der Waals surface area contributed by atoms with Crippen LogP contribution >= 0.6 is 11.3 Å². The minimum absolute atomic E-state index is 0.281. The number of rotatable bonds is 2. The molecule has 0 unspecified atom stereocenters. The van der Waals surface area contributed by atoms with Crippen LogP contribution in [0.4, 0.5) is 4.39 Å². The van der Waals surface area contributed by atoms with E-state index in [1.165, 1.54) is 17.4 Å². The Balaban J connectivity index is 2.10. The van der Waals surface area contributed by atoms with Gasteiger partial charge in [-0.05, 0) is 18.2 Å². The van der Waals surface area contributed by atoms with Gasteiger partial charge in [0.2, 0.25) is 0 Å². The number of hydrogen-bond acceptors (Lipinski definition) is 4. The molecule has 3 aromatic rings. The average molecular weight is 264 g/mol. The van der Waals surface area contributed by atoms with E-state index in [-0.39, 0.29) is 11.5 Å². The van der Waals surface area contributed by atoms with Crippen LogP contribution in [0.25, 0.3) is 20.9 Å². The van der Waals surface area contributed by atoms with Gasteiger partial charge in [-0.25, -0.2) is 9.37 Å². The molecule has 0 saturated carbocycles. The minimum Gasteiger partial charge on any atom is -0.363 e. The van der Waals surface area contributed by atoms with Crippen LogP contribution in [0.2, 0.25) is 0 Å². The number of thiazole rings is 1. The number of fused-ring (bicyclic) bond motifs is 1. The van der Waals surface area contributed by atoms with E-state index in [4.69, 9.17) is 10.2 Å². The van der Waals surface area contributed by atoms with Gasteiger partial charge in [0.25, 0.3) is 0 Å². The second-order valence-corrected chi connectivity index (χ2v) is 4.84. The maximum atomic E-state index is 13.6. The number of aromatic amines is 1. The van der Waals surface area contributed by atoms with Crippen molar-refractivity contribution >= 4 is 21.7 Å². The maximum Gasteiger partial charge on any atom is 0.193 e. The third kappa shape index (κ3) is 1.80. The van der Waals surface area contributed by atoms with Gasteiger partial charge in [-0.2, -0.15) is 0 Å². The summed E-state index contributed by atoms with van der Waals surface area (Å²) < 4.78 is 14.4. The van der Waals surface area contributed by atoms with Crippen LogP contribution in [-0.4, -0.2) is 20.2 Å². The number of H-pyrrole nitrogens is 1. The lowest BCUT2D eigenvalue weighted by Gasteiger charge is -1.98. The number of nitrogens with zero attached hydrogens (tertiary/aromatic N) is 1. The van der Waals surface area contributed by atoms with Gasteiger partial charge in [-0.15, -0.1) is 11.3 Å². The molecule has 6 heteroatoms. The molecule has 0 amide bonds. The highest BCUT2D eigenvalue weighted by molar-refractivity contribution is 7.21. The number of aliphatic hydroxyl groups is 2. The number of aliphatic hydroxyl groups excluding tert-OH is 1. The van der Waals surface area contributed by atoms with Crippen molar-refractivity contribution < 1.29 is 14.6 Å². The van der Waals surface area contributed by atoms with E-state index >= 15 is 0 Å². The zero-order valence-corrected chi connectivity index (χ0v) is 9.91. The van der Waals surface area contributed by atoms with Crippen LogP contribution in [0.1, 0.15) is 12.0 Å². The fourth-order valence-corrected chi connectivity index (χ4v) is 2.72. The fraction of sp³-hybridized carbons (Fsp3) is 0.0833. The average Bonchev–Trinajstić information content (AvgIpc) is 2.87. The molecule has 0 aliphatic heterocycles. The zero-order valence-electron chi connectivity index (χ0n) is 9.09. The molecule has 0 saturated heterocycles. The van der Waals surface area contributed by atoms with E-state index in [2.05, 4.69) is 9.97 Å². The van der Waals surface area contributed by atoms with Crippen molar-refractivity contribution in [3.63, 3.8) is 0 Å². The Hall–Kier alpha value is -1.76. The van der Waals surface area contributed by atoms with Gasteiger partial charge in [0.05, 0.1) is 10.4 Å². The Kier molecular flexibility index (Phi) is 2.62. The van der Waals surface area contributed by atoms with Crippen LogP contribution in [0.15, 0.2) is 30.3 Å². The molecule has 0 atom stereocenters. The lowest BCUT2D eigenvalue weighted by molar-refractivity contribution is -0.0453. The lowest BCUT2D eigenvalue weighted by atomic mass is 10.2. The molecular formula is C12H9FN2O2S. The Labute approximate surface area is 105 Å². The summed E-state index contributed by atoms with van der Waals surface area (Å²) in [5, 5.41) is 18.6. The predicted octanol–water partition coefficient (Wildman–Crippen LogP) is 2.41. The van der Waals surface area contributed by atoms with Crippen LogP contribution in [-0.2, 0) is 0 Å². The zero-order chi connectivity index (χ0) is 12.7. The third-order valence-electron chi connectivity index (χ3n) is 2.59. The van der Waals surface area contributed by atoms with E-state index in [1.807, 2.05) is 0 Å². The second-order valence-electron chi connectivity index (χ2n) is 3.81. The van der Waals surface area contributed by atoms with Gasteiger partial charge in [0.1, 0.15) is 16.5 Å². The second kappa shape index (κ2) is 4.16. The number of benzene rings is 1. The summed E-state index contributed by atoms with van der Waals surface area (Å²) in [6.07, 6.45) is -1.55. The molecule has 0 aliphatic carbocycles. The SMILES string of the molecule is OC(O)c1cc2sc(-c3ccccc3F)nc2[nH]1. The molecule has 3 N–H and O–H groups in total. The quantitative estimate of drug-likeness (QED) is 0.622. The molecule has 0 aliphatic rings. The third-order valence-corrected chi connectivity index (χ3v) is 3.62. The van der Waals surface area contributed by atoms with Crippen LogP contribution in [0.5, 0.6) is 0 Å². The summed E-state index contributed by atoms with van der Waals surface area (Å²) in [7, 11) is 0. The van der Waals surface area contributed by atoms with Gasteiger partial charge in [0, 0.05) is 5.56 Å². The Bertz CT molecular complexity index is 673. The number of nitrogens with one attached hydrogen (secondary N) is 1. The Morgan fingerprint density at radius 2 is 2.06 bits per heavy atom. The van der Waals surface area contributed by atoms with Crippen molar-refractivity contribution in [1.82, 2.24) is 9.97 Å². The van der Waals surface area contributed by atoms with Gasteiger partial charge >= 0.3 is 0 Å². The first kappa shape index (κ1) is 11.3. The monoisotopic (exact) mass is 264 g/mol. The summed E-state index contributed by atoms with van der Waals surface area (Å²) in [6.45, 7) is 0. The van der Waals surface area contributed by atoms with Crippen molar-refractivity contribution in [3.8, 4) is 10.6 Å². The smallest absolute Gasteiger partial charge is 0.193 e. The molecule has 0 bridgehead atoms. The molecule has 18 heavy (non-hydrogen) atoms. The summed E-state index contributed by atoms with van der Waals surface area (Å²) in [6, 6.07) is 8.01. The van der Waals surface area contributed by atoms with Crippen molar-refractivity contribution in [2.24, 2.45) is 0 Å². The molecule has 0 fully saturated rings. The van der Waals surface area contributed by atoms with E-state index in [1.54, 1.807) is 24.3 Å². The summed E-state index contributed by atoms with van der Waals surface area (Å²) >= 11 is 1.30. The molecule has 0 radical (unpaired) electrons. The van der Waals surface area contributed by atoms with E-state index in [0.29, 0.717) is 16.2 Å². The van der Waals surface area contributed by atoms with Crippen molar-refractivity contribution in [1.29, 1.82) is 0 Å². The summed E-state index contributed by atoms with van der Waals surface area (Å²) in [4.78, 5) is 7.03. The molecule has 0 spiro atoms. The predicted molar refractivity (Wildman–Crippen MR) is 66.5 cm³/mol. The van der Waals surface area contributed by atoms with E-state index in [9.17, 15) is 4.39 Å². The molecule has 2 aromatic heterocycles. The Morgan fingerprint density at radius 3 is 2.72 bits per heavy atom. The van der Waals surface area contributed by atoms with Crippen molar-refractivity contribution in [2.45, 2.75) is 6.29 Å².